The minimum Gasteiger partial charge on any atom is -0.508 e. The van der Waals surface area contributed by atoms with E-state index in [0.717, 1.165) is 17.2 Å². The molecule has 0 spiro atoms. The highest BCUT2D eigenvalue weighted by Gasteiger charge is 2.19. The van der Waals surface area contributed by atoms with Gasteiger partial charge in [-0.1, -0.05) is 24.3 Å². The molecule has 0 aliphatic carbocycles. The van der Waals surface area contributed by atoms with Gasteiger partial charge in [0.25, 0.3) is 0 Å². The highest BCUT2D eigenvalue weighted by atomic mass is 17.1. The predicted molar refractivity (Wildman–Crippen MR) is 128 cm³/mol. The lowest BCUT2D eigenvalue weighted by Gasteiger charge is -2.11. The second kappa shape index (κ2) is 10.6. The van der Waals surface area contributed by atoms with E-state index < -0.39 is 11.9 Å². The van der Waals surface area contributed by atoms with Crippen molar-refractivity contribution in [1.82, 2.24) is 0 Å². The van der Waals surface area contributed by atoms with Gasteiger partial charge in [0.15, 0.2) is 0 Å². The van der Waals surface area contributed by atoms with Crippen LogP contribution >= 0.6 is 0 Å². The molecule has 0 saturated carbocycles. The average Bonchev–Trinajstić information content (AvgIpc) is 2.86. The number of carboxylic acids is 1. The van der Waals surface area contributed by atoms with Crippen LogP contribution in [-0.2, 0) is 11.5 Å². The third kappa shape index (κ3) is 5.61. The third-order valence-electron chi connectivity index (χ3n) is 5.20. The Hall–Kier alpha value is -4.86. The molecule has 0 aromatic heterocycles. The monoisotopic (exact) mass is 488 g/mol. The summed E-state index contributed by atoms with van der Waals surface area (Å²) < 4.78 is 11.1. The van der Waals surface area contributed by atoms with Gasteiger partial charge in [0.1, 0.15) is 35.4 Å². The van der Waals surface area contributed by atoms with Crippen molar-refractivity contribution in [3.05, 3.63) is 102 Å². The van der Waals surface area contributed by atoms with Gasteiger partial charge < -0.3 is 24.8 Å². The smallest absolute Gasteiger partial charge is 0.344 e. The minimum atomic E-state index is -1.36. The van der Waals surface area contributed by atoms with E-state index in [0.29, 0.717) is 17.1 Å². The SMILES string of the molecule is O=C(O)c1cc(O)ccc1C(=O)Oc1ccc(-c2ccc(Oc3ccc(O)cc3COO)cc2)cc1. The Bertz CT molecular complexity index is 1390. The van der Waals surface area contributed by atoms with E-state index >= 15 is 0 Å². The number of esters is 1. The zero-order valence-corrected chi connectivity index (χ0v) is 18.6. The van der Waals surface area contributed by atoms with Crippen molar-refractivity contribution in [3.8, 4) is 39.9 Å². The summed E-state index contributed by atoms with van der Waals surface area (Å²) in [6, 6.07) is 21.6. The van der Waals surface area contributed by atoms with Gasteiger partial charge in [-0.2, -0.15) is 0 Å². The molecule has 0 heterocycles. The predicted octanol–water partition coefficient (Wildman–Crippen LogP) is 5.46. The number of carbonyl (C=O) groups excluding carboxylic acids is 1. The minimum absolute atomic E-state index is 0.0178. The maximum absolute atomic E-state index is 12.5. The highest BCUT2D eigenvalue weighted by Crippen LogP contribution is 2.31. The fourth-order valence-corrected chi connectivity index (χ4v) is 3.45. The molecule has 4 aromatic carbocycles. The van der Waals surface area contributed by atoms with E-state index in [1.807, 2.05) is 12.1 Å². The molecular formula is C27H20O9. The zero-order chi connectivity index (χ0) is 25.7. The Morgan fingerprint density at radius 3 is 1.89 bits per heavy atom. The number of aromatic hydroxyl groups is 2. The molecule has 0 unspecified atom stereocenters. The van der Waals surface area contributed by atoms with Crippen LogP contribution in [0.4, 0.5) is 0 Å². The van der Waals surface area contributed by atoms with Crippen LogP contribution in [0, 0.1) is 0 Å². The average molecular weight is 488 g/mol. The molecular weight excluding hydrogens is 468 g/mol. The maximum Gasteiger partial charge on any atom is 0.344 e. The number of benzene rings is 4. The van der Waals surface area contributed by atoms with Crippen molar-refractivity contribution in [2.75, 3.05) is 0 Å². The Kier molecular flexibility index (Phi) is 7.15. The van der Waals surface area contributed by atoms with E-state index in [4.69, 9.17) is 14.7 Å². The Balaban J connectivity index is 1.45. The van der Waals surface area contributed by atoms with Crippen LogP contribution in [0.1, 0.15) is 26.3 Å². The molecule has 4 rings (SSSR count). The first kappa shape index (κ1) is 24.3. The van der Waals surface area contributed by atoms with Crippen LogP contribution < -0.4 is 9.47 Å². The molecule has 9 nitrogen and oxygen atoms in total. The first-order valence-corrected chi connectivity index (χ1v) is 10.6. The molecule has 182 valence electrons. The summed E-state index contributed by atoms with van der Waals surface area (Å²) >= 11 is 0. The number of rotatable bonds is 8. The summed E-state index contributed by atoms with van der Waals surface area (Å²) in [5, 5.41) is 37.1. The third-order valence-corrected chi connectivity index (χ3v) is 5.20. The van der Waals surface area contributed by atoms with Gasteiger partial charge in [-0.15, -0.1) is 0 Å². The lowest BCUT2D eigenvalue weighted by molar-refractivity contribution is -0.253. The number of hydrogen-bond acceptors (Lipinski definition) is 8. The number of carbonyl (C=O) groups is 2. The summed E-state index contributed by atoms with van der Waals surface area (Å²) in [4.78, 5) is 28.0. The number of hydrogen-bond donors (Lipinski definition) is 4. The first-order valence-electron chi connectivity index (χ1n) is 10.6. The van der Waals surface area contributed by atoms with Gasteiger partial charge >= 0.3 is 11.9 Å². The van der Waals surface area contributed by atoms with Gasteiger partial charge in [-0.3, -0.25) is 5.26 Å². The Morgan fingerprint density at radius 2 is 1.28 bits per heavy atom. The van der Waals surface area contributed by atoms with Gasteiger partial charge in [-0.25, -0.2) is 14.5 Å². The van der Waals surface area contributed by atoms with Crippen molar-refractivity contribution in [2.24, 2.45) is 0 Å². The quantitative estimate of drug-likeness (QED) is 0.110. The topological polar surface area (TPSA) is 143 Å². The molecule has 9 heteroatoms. The molecule has 4 N–H and O–H groups in total. The Labute approximate surface area is 204 Å². The number of carboxylic acid groups (broad SMARTS) is 1. The van der Waals surface area contributed by atoms with Crippen molar-refractivity contribution in [3.63, 3.8) is 0 Å². The summed E-state index contributed by atoms with van der Waals surface area (Å²) in [5.74, 6) is -1.31. The summed E-state index contributed by atoms with van der Waals surface area (Å²) in [5.41, 5.74) is 1.62. The molecule has 0 saturated heterocycles. The van der Waals surface area contributed by atoms with E-state index in [1.165, 1.54) is 24.3 Å². The normalized spacial score (nSPS) is 10.6. The molecule has 0 bridgehead atoms. The molecule has 0 radical (unpaired) electrons. The lowest BCUT2D eigenvalue weighted by atomic mass is 10.1. The molecule has 0 aliphatic rings. The second-order valence-electron chi connectivity index (χ2n) is 7.64. The molecule has 36 heavy (non-hydrogen) atoms. The molecule has 0 aliphatic heterocycles. The zero-order valence-electron chi connectivity index (χ0n) is 18.6. The summed E-state index contributed by atoms with van der Waals surface area (Å²) in [6.45, 7) is -0.150. The van der Waals surface area contributed by atoms with E-state index in [9.17, 15) is 24.9 Å². The van der Waals surface area contributed by atoms with Gasteiger partial charge in [0.05, 0.1) is 11.1 Å². The summed E-state index contributed by atoms with van der Waals surface area (Å²) in [6.07, 6.45) is 0. The molecule has 0 atom stereocenters. The molecule has 0 amide bonds. The van der Waals surface area contributed by atoms with Crippen molar-refractivity contribution >= 4 is 11.9 Å². The maximum atomic E-state index is 12.5. The van der Waals surface area contributed by atoms with Gasteiger partial charge in [0, 0.05) is 5.56 Å². The molecule has 0 fully saturated rings. The first-order chi connectivity index (χ1) is 17.3. The van der Waals surface area contributed by atoms with E-state index in [-0.39, 0.29) is 35.0 Å². The van der Waals surface area contributed by atoms with Gasteiger partial charge in [-0.05, 0) is 71.8 Å². The standard InChI is InChI=1S/C27H20O9/c28-19-6-12-25(18(13-19)15-34-33)35-21-7-1-16(2-8-21)17-3-9-22(10-4-17)36-27(32)23-11-5-20(29)14-24(23)26(30)31/h1-14,28-29,33H,15H2,(H,30,31). The van der Waals surface area contributed by atoms with Crippen LogP contribution in [0.2, 0.25) is 0 Å². The van der Waals surface area contributed by atoms with Crippen molar-refractivity contribution in [2.45, 2.75) is 6.61 Å². The van der Waals surface area contributed by atoms with E-state index in [2.05, 4.69) is 4.89 Å². The van der Waals surface area contributed by atoms with Crippen LogP contribution in [0.25, 0.3) is 11.1 Å². The van der Waals surface area contributed by atoms with E-state index in [1.54, 1.807) is 42.5 Å². The largest absolute Gasteiger partial charge is 0.508 e. The van der Waals surface area contributed by atoms with Crippen molar-refractivity contribution < 1.29 is 44.5 Å². The van der Waals surface area contributed by atoms with Crippen LogP contribution in [0.3, 0.4) is 0 Å². The number of phenolic OH excluding ortho intramolecular Hbond substituents is 2. The highest BCUT2D eigenvalue weighted by molar-refractivity contribution is 6.03. The fraction of sp³-hybridized carbons (Fsp3) is 0.0370. The second-order valence-corrected chi connectivity index (χ2v) is 7.64. The van der Waals surface area contributed by atoms with Crippen LogP contribution in [-0.4, -0.2) is 32.5 Å². The Morgan fingerprint density at radius 1 is 0.694 bits per heavy atom. The summed E-state index contributed by atoms with van der Waals surface area (Å²) in [7, 11) is 0. The lowest BCUT2D eigenvalue weighted by Crippen LogP contribution is -2.14. The van der Waals surface area contributed by atoms with Gasteiger partial charge in [0.2, 0.25) is 0 Å². The number of ether oxygens (including phenoxy) is 2. The molecule has 4 aromatic rings. The van der Waals surface area contributed by atoms with Crippen LogP contribution in [0.15, 0.2) is 84.9 Å². The van der Waals surface area contributed by atoms with Crippen molar-refractivity contribution in [1.29, 1.82) is 0 Å². The number of phenols is 2. The fourth-order valence-electron chi connectivity index (χ4n) is 3.45. The van der Waals surface area contributed by atoms with Crippen LogP contribution in [0.5, 0.6) is 28.7 Å². The number of aromatic carboxylic acids is 1.